The number of nitrogens with one attached hydrogen (secondary N) is 1. The fraction of sp³-hybridized carbons (Fsp3) is 0.600. The third-order valence-corrected chi connectivity index (χ3v) is 6.34. The number of benzene rings is 1. The zero-order valence-electron chi connectivity index (χ0n) is 11.5. The molecule has 3 atom stereocenters. The Labute approximate surface area is 130 Å². The average molecular weight is 321 g/mol. The van der Waals surface area contributed by atoms with Crippen molar-refractivity contribution in [2.75, 3.05) is 6.54 Å². The van der Waals surface area contributed by atoms with E-state index in [1.165, 1.54) is 5.56 Å². The highest BCUT2D eigenvalue weighted by Gasteiger charge is 2.71. The van der Waals surface area contributed by atoms with E-state index < -0.39 is 4.33 Å². The van der Waals surface area contributed by atoms with Crippen LogP contribution in [-0.4, -0.2) is 10.9 Å². The molecule has 106 valence electrons. The van der Waals surface area contributed by atoms with Crippen molar-refractivity contribution in [3.8, 4) is 0 Å². The van der Waals surface area contributed by atoms with Crippen molar-refractivity contribution < 1.29 is 0 Å². The van der Waals surface area contributed by atoms with Gasteiger partial charge in [-0.25, -0.2) is 0 Å². The van der Waals surface area contributed by atoms with Gasteiger partial charge in [0.2, 0.25) is 0 Å². The van der Waals surface area contributed by atoms with Crippen LogP contribution in [0, 0.1) is 11.3 Å². The predicted molar refractivity (Wildman–Crippen MR) is 84.2 cm³/mol. The fourth-order valence-corrected chi connectivity index (χ4v) is 4.01. The van der Waals surface area contributed by atoms with Crippen LogP contribution in [0.3, 0.4) is 0 Å². The molecule has 19 heavy (non-hydrogen) atoms. The van der Waals surface area contributed by atoms with Crippen molar-refractivity contribution in [3.63, 3.8) is 0 Å². The molecule has 1 aliphatic rings. The normalized spacial score (nSPS) is 30.1. The van der Waals surface area contributed by atoms with Gasteiger partial charge in [-0.05, 0) is 37.0 Å². The molecule has 0 aliphatic heterocycles. The summed E-state index contributed by atoms with van der Waals surface area (Å²) in [7, 11) is 0. The van der Waals surface area contributed by atoms with Crippen LogP contribution >= 0.6 is 34.8 Å². The van der Waals surface area contributed by atoms with Gasteiger partial charge in [0.05, 0.1) is 0 Å². The second kappa shape index (κ2) is 5.44. The Morgan fingerprint density at radius 1 is 1.26 bits per heavy atom. The van der Waals surface area contributed by atoms with Gasteiger partial charge in [0, 0.05) is 23.0 Å². The van der Waals surface area contributed by atoms with E-state index in [0.717, 1.165) is 18.0 Å². The maximum atomic E-state index is 6.37. The van der Waals surface area contributed by atoms with Crippen molar-refractivity contribution in [1.82, 2.24) is 5.32 Å². The lowest BCUT2D eigenvalue weighted by Crippen LogP contribution is -2.29. The quantitative estimate of drug-likeness (QED) is 0.734. The van der Waals surface area contributed by atoms with Crippen LogP contribution in [-0.2, 0) is 0 Å². The fourth-order valence-electron chi connectivity index (χ4n) is 2.85. The maximum absolute atomic E-state index is 6.37. The second-order valence-corrected chi connectivity index (χ2v) is 7.33. The molecule has 0 spiro atoms. The van der Waals surface area contributed by atoms with E-state index in [9.17, 15) is 0 Å². The van der Waals surface area contributed by atoms with Gasteiger partial charge in [0.1, 0.15) is 4.33 Å². The molecule has 1 aromatic carbocycles. The molecule has 1 fully saturated rings. The zero-order valence-corrected chi connectivity index (χ0v) is 13.8. The average Bonchev–Trinajstić information content (AvgIpc) is 2.81. The summed E-state index contributed by atoms with van der Waals surface area (Å²) in [5.41, 5.74) is 1.22. The summed E-state index contributed by atoms with van der Waals surface area (Å²) in [5.74, 6) is 0.332. The molecule has 4 heteroatoms. The minimum Gasteiger partial charge on any atom is -0.310 e. The summed E-state index contributed by atoms with van der Waals surface area (Å²) in [6, 6.07) is 8.18. The van der Waals surface area contributed by atoms with Gasteiger partial charge in [-0.15, -0.1) is 23.2 Å². The zero-order chi connectivity index (χ0) is 14.3. The van der Waals surface area contributed by atoms with E-state index in [-0.39, 0.29) is 11.5 Å². The predicted octanol–water partition coefficient (Wildman–Crippen LogP) is 5.21. The molecule has 1 nitrogen and oxygen atoms in total. The molecule has 0 radical (unpaired) electrons. The molecular formula is C15H20Cl3N. The first-order valence-electron chi connectivity index (χ1n) is 6.72. The molecule has 0 aromatic heterocycles. The molecule has 1 aromatic rings. The lowest BCUT2D eigenvalue weighted by molar-refractivity contribution is 0.385. The SMILES string of the molecule is CC[C@]1(CN[C@H](C)c2ccc(Cl)cc2)[C@H](C)C1(Cl)Cl. The Morgan fingerprint density at radius 2 is 1.79 bits per heavy atom. The molecule has 0 heterocycles. The molecule has 2 rings (SSSR count). The lowest BCUT2D eigenvalue weighted by Gasteiger charge is -2.21. The van der Waals surface area contributed by atoms with Crippen molar-refractivity contribution in [2.24, 2.45) is 11.3 Å². The summed E-state index contributed by atoms with van der Waals surface area (Å²) in [4.78, 5) is 0. The first-order chi connectivity index (χ1) is 8.85. The first kappa shape index (κ1) is 15.4. The topological polar surface area (TPSA) is 12.0 Å². The van der Waals surface area contributed by atoms with E-state index in [2.05, 4.69) is 26.1 Å². The second-order valence-electron chi connectivity index (χ2n) is 5.51. The van der Waals surface area contributed by atoms with E-state index in [0.29, 0.717) is 5.92 Å². The van der Waals surface area contributed by atoms with Crippen molar-refractivity contribution in [2.45, 2.75) is 37.6 Å². The van der Waals surface area contributed by atoms with Gasteiger partial charge < -0.3 is 5.32 Å². The molecule has 0 amide bonds. The van der Waals surface area contributed by atoms with Gasteiger partial charge in [0.25, 0.3) is 0 Å². The third kappa shape index (κ3) is 2.63. The number of rotatable bonds is 5. The lowest BCUT2D eigenvalue weighted by atomic mass is 9.99. The highest BCUT2D eigenvalue weighted by Crippen LogP contribution is 2.70. The van der Waals surface area contributed by atoms with Gasteiger partial charge in [0.15, 0.2) is 0 Å². The minimum atomic E-state index is -0.589. The van der Waals surface area contributed by atoms with E-state index in [1.54, 1.807) is 0 Å². The standard InChI is InChI=1S/C15H20Cl3N/c1-4-14(11(3)15(14,17)18)9-19-10(2)12-5-7-13(16)8-6-12/h5-8,10-11,19H,4,9H2,1-3H3/t10-,11+,14+/m1/s1. The number of hydrogen-bond donors (Lipinski definition) is 1. The van der Waals surface area contributed by atoms with Gasteiger partial charge >= 0.3 is 0 Å². The molecular weight excluding hydrogens is 301 g/mol. The number of halogens is 3. The molecule has 1 aliphatic carbocycles. The van der Waals surface area contributed by atoms with Gasteiger partial charge in [-0.2, -0.15) is 0 Å². The summed E-state index contributed by atoms with van der Waals surface area (Å²) in [5, 5.41) is 4.31. The molecule has 1 N–H and O–H groups in total. The monoisotopic (exact) mass is 319 g/mol. The Morgan fingerprint density at radius 3 is 2.21 bits per heavy atom. The Balaban J connectivity index is 1.98. The maximum Gasteiger partial charge on any atom is 0.128 e. The summed E-state index contributed by atoms with van der Waals surface area (Å²) in [6.07, 6.45) is 0.988. The molecule has 1 saturated carbocycles. The van der Waals surface area contributed by atoms with Crippen LogP contribution in [0.2, 0.25) is 5.02 Å². The van der Waals surface area contributed by atoms with Crippen LogP contribution in [0.15, 0.2) is 24.3 Å². The number of alkyl halides is 2. The highest BCUT2D eigenvalue weighted by molar-refractivity contribution is 6.51. The summed E-state index contributed by atoms with van der Waals surface area (Å²) < 4.78 is -0.589. The first-order valence-corrected chi connectivity index (χ1v) is 7.85. The Kier molecular flexibility index (Phi) is 4.42. The number of hydrogen-bond acceptors (Lipinski definition) is 1. The molecule has 0 unspecified atom stereocenters. The van der Waals surface area contributed by atoms with E-state index in [1.807, 2.05) is 24.3 Å². The minimum absolute atomic E-state index is 0.00318. The van der Waals surface area contributed by atoms with Crippen LogP contribution in [0.5, 0.6) is 0 Å². The van der Waals surface area contributed by atoms with Crippen LogP contribution < -0.4 is 5.32 Å². The van der Waals surface area contributed by atoms with E-state index in [4.69, 9.17) is 34.8 Å². The summed E-state index contributed by atoms with van der Waals surface area (Å²) >= 11 is 18.6. The Hall–Kier alpha value is 0.0500. The Bertz CT molecular complexity index is 443. The van der Waals surface area contributed by atoms with Crippen LogP contribution in [0.4, 0.5) is 0 Å². The van der Waals surface area contributed by atoms with Crippen molar-refractivity contribution in [1.29, 1.82) is 0 Å². The molecule has 0 saturated heterocycles. The molecule has 0 bridgehead atoms. The smallest absolute Gasteiger partial charge is 0.128 e. The van der Waals surface area contributed by atoms with Crippen LogP contribution in [0.1, 0.15) is 38.8 Å². The summed E-state index contributed by atoms with van der Waals surface area (Å²) in [6.45, 7) is 7.25. The van der Waals surface area contributed by atoms with Crippen LogP contribution in [0.25, 0.3) is 0 Å². The van der Waals surface area contributed by atoms with Crippen molar-refractivity contribution in [3.05, 3.63) is 34.9 Å². The van der Waals surface area contributed by atoms with E-state index >= 15 is 0 Å². The largest absolute Gasteiger partial charge is 0.310 e. The third-order valence-electron chi connectivity index (χ3n) is 4.68. The van der Waals surface area contributed by atoms with Crippen molar-refractivity contribution >= 4 is 34.8 Å². The van der Waals surface area contributed by atoms with Gasteiger partial charge in [-0.1, -0.05) is 37.6 Å². The highest BCUT2D eigenvalue weighted by atomic mass is 35.5. The van der Waals surface area contributed by atoms with Gasteiger partial charge in [-0.3, -0.25) is 0 Å².